The van der Waals surface area contributed by atoms with Crippen molar-refractivity contribution in [1.29, 1.82) is 0 Å². The highest BCUT2D eigenvalue weighted by Crippen LogP contribution is 2.53. The fourth-order valence-electron chi connectivity index (χ4n) is 13.8. The highest BCUT2D eigenvalue weighted by Gasteiger charge is 2.50. The summed E-state index contributed by atoms with van der Waals surface area (Å²) >= 11 is 0. The lowest BCUT2D eigenvalue weighted by atomic mass is 9.30. The van der Waals surface area contributed by atoms with Crippen LogP contribution in [0.3, 0.4) is 0 Å². The average molecular weight is 999 g/mol. The molecule has 366 valence electrons. The van der Waals surface area contributed by atoms with Gasteiger partial charge in [0.2, 0.25) is 0 Å². The summed E-state index contributed by atoms with van der Waals surface area (Å²) in [6.07, 6.45) is 0. The van der Waals surface area contributed by atoms with Gasteiger partial charge in [-0.2, -0.15) is 0 Å². The van der Waals surface area contributed by atoms with E-state index in [4.69, 9.17) is 8.83 Å². The number of anilines is 12. The fourth-order valence-corrected chi connectivity index (χ4v) is 13.8. The Morgan fingerprint density at radius 2 is 0.718 bits per heavy atom. The van der Waals surface area contributed by atoms with Gasteiger partial charge in [-0.1, -0.05) is 160 Å². The Labute approximate surface area is 452 Å². The first-order chi connectivity index (χ1) is 38.4. The van der Waals surface area contributed by atoms with E-state index in [1.165, 1.54) is 38.3 Å². The molecule has 0 spiro atoms. The molecule has 8 heteroatoms. The minimum absolute atomic E-state index is 0.0713. The Bertz CT molecular complexity index is 4650. The molecule has 0 amide bonds. The van der Waals surface area contributed by atoms with Gasteiger partial charge in [-0.15, -0.1) is 0 Å². The van der Waals surface area contributed by atoms with Crippen LogP contribution in [0.4, 0.5) is 68.2 Å². The van der Waals surface area contributed by atoms with Gasteiger partial charge < -0.3 is 28.4 Å². The zero-order valence-corrected chi connectivity index (χ0v) is 43.3. The van der Waals surface area contributed by atoms with Crippen LogP contribution in [0.25, 0.3) is 43.9 Å². The van der Waals surface area contributed by atoms with Crippen LogP contribution in [0.5, 0.6) is 0 Å². The second-order valence-corrected chi connectivity index (χ2v) is 22.4. The molecule has 2 aromatic heterocycles. The van der Waals surface area contributed by atoms with Crippen molar-refractivity contribution >= 4 is 158 Å². The van der Waals surface area contributed by atoms with E-state index in [1.54, 1.807) is 0 Å². The predicted octanol–water partition coefficient (Wildman–Crippen LogP) is 14.9. The van der Waals surface area contributed by atoms with Crippen LogP contribution in [-0.4, -0.2) is 13.4 Å². The van der Waals surface area contributed by atoms with Crippen molar-refractivity contribution in [2.24, 2.45) is 0 Å². The molecule has 0 N–H and O–H groups in total. The van der Waals surface area contributed by atoms with Gasteiger partial charge in [0.25, 0.3) is 13.4 Å². The zero-order chi connectivity index (χ0) is 51.5. The van der Waals surface area contributed by atoms with Crippen LogP contribution in [0.2, 0.25) is 0 Å². The molecule has 0 bridgehead atoms. The van der Waals surface area contributed by atoms with Gasteiger partial charge in [-0.25, -0.2) is 0 Å². The maximum Gasteiger partial charge on any atom is 0.252 e. The molecule has 6 heterocycles. The maximum absolute atomic E-state index is 7.15. The first-order valence-corrected chi connectivity index (χ1v) is 27.2. The molecule has 0 fully saturated rings. The molecule has 78 heavy (non-hydrogen) atoms. The van der Waals surface area contributed by atoms with E-state index in [1.807, 2.05) is 0 Å². The number of furan rings is 2. The van der Waals surface area contributed by atoms with E-state index in [9.17, 15) is 0 Å². The van der Waals surface area contributed by atoms with E-state index in [0.29, 0.717) is 0 Å². The first kappa shape index (κ1) is 43.6. The molecule has 13 aromatic rings. The molecule has 0 saturated carbocycles. The standard InChI is InChI=1S/C70H48B2N4O2/c1-70(2,3)43-36-37-61-49(38-43)65-63(78-61)42-59-67-69(65)75(46-26-12-6-13-27-46)55-34-20-18-32-51(55)72(67)52-39-53-57(40-56(52)74(59)45-24-10-5-11-25-45)76(47-28-14-7-15-29-47)68-64-48-30-16-21-35-60(48)77-62(64)41-58-66(68)71(53)50-31-17-19-33-54(50)73(58)44-22-8-4-9-23-44/h4-42H,1-3H3. The molecule has 6 nitrogen and oxygen atoms in total. The van der Waals surface area contributed by atoms with E-state index in [0.717, 1.165) is 112 Å². The number of para-hydroxylation sites is 7. The number of hydrogen-bond donors (Lipinski definition) is 0. The van der Waals surface area contributed by atoms with Gasteiger partial charge >= 0.3 is 0 Å². The van der Waals surface area contributed by atoms with Gasteiger partial charge in [0.15, 0.2) is 0 Å². The Kier molecular flexibility index (Phi) is 8.91. The molecule has 0 saturated heterocycles. The fraction of sp³-hybridized carbons (Fsp3) is 0.0571. The largest absolute Gasteiger partial charge is 0.456 e. The highest BCUT2D eigenvalue weighted by molar-refractivity contribution is 7.03. The summed E-state index contributed by atoms with van der Waals surface area (Å²) in [5.41, 5.74) is 25.6. The van der Waals surface area contributed by atoms with E-state index in [2.05, 4.69) is 277 Å². The number of rotatable bonds is 4. The minimum atomic E-state index is -0.155. The van der Waals surface area contributed by atoms with Crippen molar-refractivity contribution in [3.63, 3.8) is 0 Å². The molecule has 17 rings (SSSR count). The Morgan fingerprint density at radius 3 is 1.26 bits per heavy atom. The van der Waals surface area contributed by atoms with E-state index < -0.39 is 0 Å². The summed E-state index contributed by atoms with van der Waals surface area (Å²) in [5, 5.41) is 4.45. The van der Waals surface area contributed by atoms with Crippen molar-refractivity contribution in [1.82, 2.24) is 0 Å². The summed E-state index contributed by atoms with van der Waals surface area (Å²) in [4.78, 5) is 10.1. The third-order valence-corrected chi connectivity index (χ3v) is 17.1. The minimum Gasteiger partial charge on any atom is -0.456 e. The predicted molar refractivity (Wildman–Crippen MR) is 328 cm³/mol. The van der Waals surface area contributed by atoms with Crippen LogP contribution in [0, 0.1) is 0 Å². The molecule has 11 aromatic carbocycles. The molecular formula is C70H48B2N4O2. The molecule has 0 atom stereocenters. The van der Waals surface area contributed by atoms with Crippen LogP contribution in [0.1, 0.15) is 26.3 Å². The summed E-state index contributed by atoms with van der Waals surface area (Å²) in [6.45, 7) is 6.59. The van der Waals surface area contributed by atoms with Crippen molar-refractivity contribution in [3.8, 4) is 0 Å². The van der Waals surface area contributed by atoms with Crippen molar-refractivity contribution < 1.29 is 8.83 Å². The van der Waals surface area contributed by atoms with Gasteiger partial charge in [-0.3, -0.25) is 0 Å². The van der Waals surface area contributed by atoms with Crippen LogP contribution in [0.15, 0.2) is 245 Å². The Hall–Kier alpha value is -9.65. The van der Waals surface area contributed by atoms with Crippen LogP contribution in [-0.2, 0) is 5.41 Å². The molecule has 0 radical (unpaired) electrons. The smallest absolute Gasteiger partial charge is 0.252 e. The Balaban J connectivity index is 1.04. The van der Waals surface area contributed by atoms with Gasteiger partial charge in [-0.05, 0) is 129 Å². The molecule has 0 aliphatic carbocycles. The van der Waals surface area contributed by atoms with Crippen LogP contribution < -0.4 is 52.4 Å². The lowest BCUT2D eigenvalue weighted by molar-refractivity contribution is 0.590. The SMILES string of the molecule is CC(C)(C)c1ccc2oc3cc4c5c(c3c2c1)N(c1ccccc1)c1ccccc1B5c1cc2c(cc1N4c1ccccc1)N(c1ccccc1)c1c3c(cc4oc5ccccc5c14)N(c1ccccc1)c1ccccc1B23. The first-order valence-electron chi connectivity index (χ1n) is 27.2. The number of benzene rings is 11. The molecule has 0 unspecified atom stereocenters. The normalized spacial score (nSPS) is 13.9. The third-order valence-electron chi connectivity index (χ3n) is 17.1. The zero-order valence-electron chi connectivity index (χ0n) is 43.3. The van der Waals surface area contributed by atoms with Crippen molar-refractivity contribution in [2.75, 3.05) is 19.6 Å². The second-order valence-electron chi connectivity index (χ2n) is 22.4. The average Bonchev–Trinajstić information content (AvgIpc) is 4.21. The topological polar surface area (TPSA) is 39.2 Å². The van der Waals surface area contributed by atoms with Crippen LogP contribution >= 0.6 is 0 Å². The number of nitrogens with zero attached hydrogens (tertiary/aromatic N) is 4. The summed E-state index contributed by atoms with van der Waals surface area (Å²) in [7, 11) is 0. The monoisotopic (exact) mass is 998 g/mol. The molecule has 4 aliphatic heterocycles. The summed E-state index contributed by atoms with van der Waals surface area (Å²) in [6, 6.07) is 87.1. The lowest BCUT2D eigenvalue weighted by Gasteiger charge is -2.47. The quantitative estimate of drug-likeness (QED) is 0.164. The number of hydrogen-bond acceptors (Lipinski definition) is 6. The summed E-state index contributed by atoms with van der Waals surface area (Å²) < 4.78 is 14.1. The lowest BCUT2D eigenvalue weighted by Crippen LogP contribution is -2.65. The van der Waals surface area contributed by atoms with Crippen molar-refractivity contribution in [2.45, 2.75) is 26.2 Å². The highest BCUT2D eigenvalue weighted by atomic mass is 16.3. The summed E-state index contributed by atoms with van der Waals surface area (Å²) in [5.74, 6) is 0. The van der Waals surface area contributed by atoms with E-state index >= 15 is 0 Å². The van der Waals surface area contributed by atoms with E-state index in [-0.39, 0.29) is 18.8 Å². The molecular weight excluding hydrogens is 950 g/mol. The van der Waals surface area contributed by atoms with Gasteiger partial charge in [0, 0.05) is 79.8 Å². The van der Waals surface area contributed by atoms with Gasteiger partial charge in [0.05, 0.1) is 22.1 Å². The maximum atomic E-state index is 7.15. The van der Waals surface area contributed by atoms with Gasteiger partial charge in [0.1, 0.15) is 22.3 Å². The molecule has 4 aliphatic rings. The number of fused-ring (bicyclic) bond motifs is 16. The second kappa shape index (κ2) is 15.9. The van der Waals surface area contributed by atoms with Crippen molar-refractivity contribution in [3.05, 3.63) is 242 Å². The third kappa shape index (κ3) is 5.94. The Morgan fingerprint density at radius 1 is 0.308 bits per heavy atom.